The SMILES string of the molecule is CC(C)(C)c1nn2c(SCC(=O)c3ccc4c(c3)CCCC4)nnc2[nH]c1=O. The summed E-state index contributed by atoms with van der Waals surface area (Å²) in [5.41, 5.74) is 3.12. The smallest absolute Gasteiger partial charge is 0.274 e. The number of thioether (sulfide) groups is 1. The summed E-state index contributed by atoms with van der Waals surface area (Å²) >= 11 is 1.28. The average Bonchev–Trinajstić information content (AvgIpc) is 3.06. The van der Waals surface area contributed by atoms with E-state index in [-0.39, 0.29) is 22.9 Å². The molecular formula is C20H23N5O2S. The van der Waals surface area contributed by atoms with Crippen molar-refractivity contribution < 1.29 is 4.79 Å². The number of nitrogens with zero attached hydrogens (tertiary/aromatic N) is 4. The van der Waals surface area contributed by atoms with Crippen molar-refractivity contribution in [1.29, 1.82) is 0 Å². The summed E-state index contributed by atoms with van der Waals surface area (Å²) < 4.78 is 1.51. The van der Waals surface area contributed by atoms with Gasteiger partial charge in [-0.3, -0.25) is 14.6 Å². The maximum Gasteiger partial charge on any atom is 0.274 e. The Balaban J connectivity index is 1.55. The third kappa shape index (κ3) is 3.61. The molecule has 0 bridgehead atoms. The van der Waals surface area contributed by atoms with Crippen LogP contribution in [0.25, 0.3) is 5.78 Å². The Morgan fingerprint density at radius 2 is 1.93 bits per heavy atom. The van der Waals surface area contributed by atoms with Gasteiger partial charge in [0.25, 0.3) is 11.3 Å². The predicted molar refractivity (Wildman–Crippen MR) is 108 cm³/mol. The lowest BCUT2D eigenvalue weighted by atomic mass is 9.90. The minimum absolute atomic E-state index is 0.0515. The fourth-order valence-corrected chi connectivity index (χ4v) is 4.22. The van der Waals surface area contributed by atoms with Gasteiger partial charge in [-0.25, -0.2) is 0 Å². The van der Waals surface area contributed by atoms with Crippen molar-refractivity contribution >= 4 is 23.3 Å². The van der Waals surface area contributed by atoms with Crippen LogP contribution in [-0.4, -0.2) is 36.3 Å². The van der Waals surface area contributed by atoms with E-state index in [1.54, 1.807) is 0 Å². The molecule has 7 nitrogen and oxygen atoms in total. The van der Waals surface area contributed by atoms with Gasteiger partial charge in [-0.05, 0) is 42.9 Å². The van der Waals surface area contributed by atoms with Gasteiger partial charge < -0.3 is 0 Å². The summed E-state index contributed by atoms with van der Waals surface area (Å²) in [6.07, 6.45) is 4.56. The Bertz CT molecular complexity index is 1110. The van der Waals surface area contributed by atoms with E-state index in [0.717, 1.165) is 18.4 Å². The van der Waals surface area contributed by atoms with E-state index in [9.17, 15) is 9.59 Å². The van der Waals surface area contributed by atoms with Crippen LogP contribution in [-0.2, 0) is 18.3 Å². The highest BCUT2D eigenvalue weighted by Gasteiger charge is 2.23. The van der Waals surface area contributed by atoms with Crippen molar-refractivity contribution in [2.75, 3.05) is 5.75 Å². The molecule has 8 heteroatoms. The zero-order chi connectivity index (χ0) is 19.9. The van der Waals surface area contributed by atoms with E-state index in [1.165, 1.54) is 40.2 Å². The number of Topliss-reactive ketones (excluding diaryl/α,β-unsaturated/α-hetero) is 1. The van der Waals surface area contributed by atoms with Gasteiger partial charge >= 0.3 is 0 Å². The zero-order valence-corrected chi connectivity index (χ0v) is 17.1. The second-order valence-corrected chi connectivity index (χ2v) is 9.12. The van der Waals surface area contributed by atoms with E-state index in [1.807, 2.05) is 32.9 Å². The topological polar surface area (TPSA) is 93.0 Å². The van der Waals surface area contributed by atoms with E-state index in [4.69, 9.17) is 0 Å². The number of carbonyl (C=O) groups excluding carboxylic acids is 1. The molecule has 0 atom stereocenters. The monoisotopic (exact) mass is 397 g/mol. The summed E-state index contributed by atoms with van der Waals surface area (Å²) in [7, 11) is 0. The molecule has 0 radical (unpaired) electrons. The quantitative estimate of drug-likeness (QED) is 0.537. The first-order valence-corrected chi connectivity index (χ1v) is 10.5. The molecule has 1 aliphatic rings. The molecule has 0 spiro atoms. The molecule has 1 aliphatic carbocycles. The summed E-state index contributed by atoms with van der Waals surface area (Å²) in [6, 6.07) is 6.04. The van der Waals surface area contributed by atoms with Crippen LogP contribution in [0.4, 0.5) is 0 Å². The first kappa shape index (κ1) is 18.9. The van der Waals surface area contributed by atoms with E-state index >= 15 is 0 Å². The van der Waals surface area contributed by atoms with Gasteiger partial charge in [0.1, 0.15) is 5.69 Å². The molecule has 1 aromatic carbocycles. The first-order chi connectivity index (χ1) is 13.3. The molecule has 146 valence electrons. The molecule has 4 rings (SSSR count). The Kier molecular flexibility index (Phi) is 4.82. The highest BCUT2D eigenvalue weighted by atomic mass is 32.2. The standard InChI is InChI=1S/C20H23N5O2S/c1-20(2,3)16-17(27)21-18-22-23-19(25(18)24-16)28-11-15(26)14-9-8-12-6-4-5-7-13(12)10-14/h8-10H,4-7,11H2,1-3H3,(H,21,22,27). The number of hydrogen-bond donors (Lipinski definition) is 1. The van der Waals surface area contributed by atoms with Gasteiger partial charge in [0.15, 0.2) is 5.78 Å². The molecule has 1 N–H and O–H groups in total. The predicted octanol–water partition coefficient (Wildman–Crippen LogP) is 2.96. The molecule has 0 fully saturated rings. The van der Waals surface area contributed by atoms with Gasteiger partial charge in [-0.1, -0.05) is 44.7 Å². The van der Waals surface area contributed by atoms with Gasteiger partial charge in [-0.2, -0.15) is 9.61 Å². The lowest BCUT2D eigenvalue weighted by molar-refractivity contribution is 0.102. The third-order valence-corrected chi connectivity index (χ3v) is 5.89. The summed E-state index contributed by atoms with van der Waals surface area (Å²) in [6.45, 7) is 5.77. The molecular weight excluding hydrogens is 374 g/mol. The Morgan fingerprint density at radius 1 is 1.18 bits per heavy atom. The van der Waals surface area contributed by atoms with Crippen molar-refractivity contribution in [3.05, 3.63) is 50.9 Å². The highest BCUT2D eigenvalue weighted by molar-refractivity contribution is 7.99. The van der Waals surface area contributed by atoms with Crippen LogP contribution in [0.3, 0.4) is 0 Å². The van der Waals surface area contributed by atoms with E-state index in [0.29, 0.717) is 10.9 Å². The Hall–Kier alpha value is -2.48. The number of aromatic nitrogens is 5. The molecule has 0 amide bonds. The summed E-state index contributed by atoms with van der Waals surface area (Å²) in [4.78, 5) is 27.6. The van der Waals surface area contributed by atoms with Crippen LogP contribution in [0, 0.1) is 0 Å². The minimum atomic E-state index is -0.410. The number of hydrogen-bond acceptors (Lipinski definition) is 6. The van der Waals surface area contributed by atoms with Gasteiger partial charge in [0, 0.05) is 11.0 Å². The number of carbonyl (C=O) groups is 1. The second kappa shape index (κ2) is 7.16. The van der Waals surface area contributed by atoms with E-state index in [2.05, 4.69) is 26.3 Å². The first-order valence-electron chi connectivity index (χ1n) is 9.47. The second-order valence-electron chi connectivity index (χ2n) is 8.17. The normalized spacial score (nSPS) is 14.2. The highest BCUT2D eigenvalue weighted by Crippen LogP contribution is 2.24. The fraction of sp³-hybridized carbons (Fsp3) is 0.450. The van der Waals surface area contributed by atoms with Crippen LogP contribution in [0.15, 0.2) is 28.2 Å². The van der Waals surface area contributed by atoms with Crippen LogP contribution >= 0.6 is 11.8 Å². The molecule has 0 saturated carbocycles. The number of aryl methyl sites for hydroxylation is 2. The van der Waals surface area contributed by atoms with Gasteiger partial charge in [0.05, 0.1) is 5.75 Å². The largest absolute Gasteiger partial charge is 0.293 e. The zero-order valence-electron chi connectivity index (χ0n) is 16.3. The fourth-order valence-electron chi connectivity index (χ4n) is 3.44. The number of fused-ring (bicyclic) bond motifs is 2. The van der Waals surface area contributed by atoms with Crippen molar-refractivity contribution in [2.45, 2.75) is 57.0 Å². The van der Waals surface area contributed by atoms with Crippen LogP contribution in [0.1, 0.15) is 60.8 Å². The number of rotatable bonds is 4. The third-order valence-electron chi connectivity index (χ3n) is 4.97. The number of aromatic amines is 1. The van der Waals surface area contributed by atoms with Crippen molar-refractivity contribution in [3.8, 4) is 0 Å². The Morgan fingerprint density at radius 3 is 2.68 bits per heavy atom. The maximum absolute atomic E-state index is 12.7. The lowest BCUT2D eigenvalue weighted by Crippen LogP contribution is -2.28. The van der Waals surface area contributed by atoms with Crippen LogP contribution < -0.4 is 5.56 Å². The minimum Gasteiger partial charge on any atom is -0.293 e. The summed E-state index contributed by atoms with van der Waals surface area (Å²) in [5.74, 6) is 0.572. The number of H-pyrrole nitrogens is 1. The van der Waals surface area contributed by atoms with Crippen molar-refractivity contribution in [1.82, 2.24) is 24.8 Å². The number of ketones is 1. The molecule has 28 heavy (non-hydrogen) atoms. The number of nitrogens with one attached hydrogen (secondary N) is 1. The lowest BCUT2D eigenvalue weighted by Gasteiger charge is -2.16. The summed E-state index contributed by atoms with van der Waals surface area (Å²) in [5, 5.41) is 13.0. The van der Waals surface area contributed by atoms with Gasteiger partial charge in [0.2, 0.25) is 5.16 Å². The van der Waals surface area contributed by atoms with Crippen molar-refractivity contribution in [2.24, 2.45) is 0 Å². The van der Waals surface area contributed by atoms with Crippen LogP contribution in [0.5, 0.6) is 0 Å². The average molecular weight is 398 g/mol. The van der Waals surface area contributed by atoms with Crippen molar-refractivity contribution in [3.63, 3.8) is 0 Å². The molecule has 0 saturated heterocycles. The molecule has 0 unspecified atom stereocenters. The molecule has 0 aliphatic heterocycles. The number of benzene rings is 1. The molecule has 2 aromatic heterocycles. The van der Waals surface area contributed by atoms with Gasteiger partial charge in [-0.15, -0.1) is 10.2 Å². The van der Waals surface area contributed by atoms with Crippen LogP contribution in [0.2, 0.25) is 0 Å². The Labute approximate surface area is 167 Å². The van der Waals surface area contributed by atoms with E-state index < -0.39 is 5.41 Å². The maximum atomic E-state index is 12.7. The molecule has 3 aromatic rings. The molecule has 2 heterocycles.